The molecule has 1 aromatic heterocycles. The second-order valence-electron chi connectivity index (χ2n) is 5.17. The number of rotatable bonds is 7. The molecule has 0 bridgehead atoms. The van der Waals surface area contributed by atoms with Crippen LogP contribution in [-0.2, 0) is 9.84 Å². The van der Waals surface area contributed by atoms with E-state index >= 15 is 0 Å². The number of anilines is 1. The van der Waals surface area contributed by atoms with Gasteiger partial charge in [-0.05, 0) is 25.5 Å². The summed E-state index contributed by atoms with van der Waals surface area (Å²) in [6.07, 6.45) is 2.13. The zero-order valence-electron chi connectivity index (χ0n) is 13.0. The van der Waals surface area contributed by atoms with Crippen LogP contribution in [0.4, 0.5) is 5.82 Å². The Balaban J connectivity index is 2.83. The van der Waals surface area contributed by atoms with Crippen LogP contribution in [0.5, 0.6) is 0 Å². The summed E-state index contributed by atoms with van der Waals surface area (Å²) < 4.78 is 22.3. The first-order chi connectivity index (χ1) is 9.73. The summed E-state index contributed by atoms with van der Waals surface area (Å²) in [7, 11) is -1.48. The molecule has 0 saturated heterocycles. The van der Waals surface area contributed by atoms with Crippen molar-refractivity contribution in [1.29, 1.82) is 0 Å². The summed E-state index contributed by atoms with van der Waals surface area (Å²) >= 11 is 0. The minimum Gasteiger partial charge on any atom is -0.370 e. The fourth-order valence-corrected chi connectivity index (χ4v) is 2.37. The number of sulfone groups is 1. The van der Waals surface area contributed by atoms with E-state index in [1.54, 1.807) is 19.2 Å². The lowest BCUT2D eigenvalue weighted by atomic mass is 10.2. The van der Waals surface area contributed by atoms with E-state index in [-0.39, 0.29) is 18.2 Å². The third-order valence-electron chi connectivity index (χ3n) is 2.90. The average molecular weight is 313 g/mol. The molecule has 1 heterocycles. The van der Waals surface area contributed by atoms with Crippen LogP contribution in [0.15, 0.2) is 12.1 Å². The zero-order chi connectivity index (χ0) is 16.0. The van der Waals surface area contributed by atoms with Crippen LogP contribution in [0, 0.1) is 6.92 Å². The van der Waals surface area contributed by atoms with Gasteiger partial charge < -0.3 is 10.2 Å². The molecule has 0 fully saturated rings. The van der Waals surface area contributed by atoms with Crippen LogP contribution in [0.1, 0.15) is 29.4 Å². The number of hydrogen-bond acceptors (Lipinski definition) is 5. The van der Waals surface area contributed by atoms with Gasteiger partial charge in [0.1, 0.15) is 15.7 Å². The fraction of sp³-hybridized carbons (Fsp3) is 0.571. The second kappa shape index (κ2) is 7.40. The second-order valence-corrected chi connectivity index (χ2v) is 7.43. The lowest BCUT2D eigenvalue weighted by molar-refractivity contribution is 0.0803. The highest BCUT2D eigenvalue weighted by Crippen LogP contribution is 2.12. The Hall–Kier alpha value is -1.63. The predicted octanol–water partition coefficient (Wildman–Crippen LogP) is 1.33. The van der Waals surface area contributed by atoms with Crippen molar-refractivity contribution in [3.05, 3.63) is 23.4 Å². The number of aromatic nitrogens is 1. The van der Waals surface area contributed by atoms with Gasteiger partial charge >= 0.3 is 0 Å². The first-order valence-corrected chi connectivity index (χ1v) is 8.94. The van der Waals surface area contributed by atoms with Crippen molar-refractivity contribution in [3.8, 4) is 0 Å². The number of carbonyl (C=O) groups is 1. The minimum absolute atomic E-state index is 0.0414. The van der Waals surface area contributed by atoms with Gasteiger partial charge in [0.15, 0.2) is 0 Å². The van der Waals surface area contributed by atoms with E-state index in [0.29, 0.717) is 11.4 Å². The van der Waals surface area contributed by atoms with Gasteiger partial charge in [-0.25, -0.2) is 13.4 Å². The summed E-state index contributed by atoms with van der Waals surface area (Å²) in [6, 6.07) is 3.40. The molecule has 0 radical (unpaired) electrons. The van der Waals surface area contributed by atoms with Crippen LogP contribution in [0.3, 0.4) is 0 Å². The quantitative estimate of drug-likeness (QED) is 0.821. The lowest BCUT2D eigenvalue weighted by Gasteiger charge is -2.17. The molecule has 1 aromatic rings. The van der Waals surface area contributed by atoms with E-state index in [0.717, 1.165) is 24.9 Å². The summed E-state index contributed by atoms with van der Waals surface area (Å²) in [5.41, 5.74) is 1.26. The van der Waals surface area contributed by atoms with Crippen molar-refractivity contribution < 1.29 is 13.2 Å². The normalized spacial score (nSPS) is 11.2. The predicted molar refractivity (Wildman–Crippen MR) is 84.4 cm³/mol. The Labute approximate surface area is 126 Å². The van der Waals surface area contributed by atoms with Gasteiger partial charge in [-0.15, -0.1) is 0 Å². The number of pyridine rings is 1. The molecule has 0 aliphatic heterocycles. The SMILES string of the molecule is CCCNc1cc(C(=O)N(C)CCS(C)(=O)=O)cc(C)n1. The fourth-order valence-electron chi connectivity index (χ4n) is 1.76. The van der Waals surface area contributed by atoms with E-state index in [4.69, 9.17) is 0 Å². The standard InChI is InChI=1S/C14H23N3O3S/c1-5-6-15-13-10-12(9-11(2)16-13)14(18)17(3)7-8-21(4,19)20/h9-10H,5-8H2,1-4H3,(H,15,16). The van der Waals surface area contributed by atoms with Gasteiger partial charge in [0.05, 0.1) is 5.75 Å². The number of aryl methyl sites for hydroxylation is 1. The Morgan fingerprint density at radius 3 is 2.62 bits per heavy atom. The summed E-state index contributed by atoms with van der Waals surface area (Å²) in [6.45, 7) is 4.84. The van der Waals surface area contributed by atoms with Crippen molar-refractivity contribution in [3.63, 3.8) is 0 Å². The maximum Gasteiger partial charge on any atom is 0.253 e. The molecule has 21 heavy (non-hydrogen) atoms. The molecule has 0 spiro atoms. The Bertz CT molecular complexity index is 599. The smallest absolute Gasteiger partial charge is 0.253 e. The topological polar surface area (TPSA) is 79.4 Å². The van der Waals surface area contributed by atoms with Crippen LogP contribution in [0.2, 0.25) is 0 Å². The number of amides is 1. The van der Waals surface area contributed by atoms with E-state index in [2.05, 4.69) is 10.3 Å². The molecule has 7 heteroatoms. The molecule has 0 aromatic carbocycles. The number of nitrogens with zero attached hydrogens (tertiary/aromatic N) is 2. The highest BCUT2D eigenvalue weighted by molar-refractivity contribution is 7.90. The zero-order valence-corrected chi connectivity index (χ0v) is 13.8. The van der Waals surface area contributed by atoms with Crippen molar-refractivity contribution in [2.24, 2.45) is 0 Å². The first-order valence-electron chi connectivity index (χ1n) is 6.88. The van der Waals surface area contributed by atoms with Gasteiger partial charge in [-0.3, -0.25) is 4.79 Å². The molecule has 0 aliphatic rings. The van der Waals surface area contributed by atoms with Crippen LogP contribution in [-0.4, -0.2) is 56.4 Å². The van der Waals surface area contributed by atoms with Gasteiger partial charge in [0, 0.05) is 37.7 Å². The molecule has 1 amide bonds. The van der Waals surface area contributed by atoms with E-state index < -0.39 is 9.84 Å². The lowest BCUT2D eigenvalue weighted by Crippen LogP contribution is -2.31. The summed E-state index contributed by atoms with van der Waals surface area (Å²) in [5, 5.41) is 3.15. The van der Waals surface area contributed by atoms with Gasteiger partial charge in [0.2, 0.25) is 0 Å². The van der Waals surface area contributed by atoms with E-state index in [1.165, 1.54) is 4.90 Å². The van der Waals surface area contributed by atoms with E-state index in [9.17, 15) is 13.2 Å². The highest BCUT2D eigenvalue weighted by atomic mass is 32.2. The van der Waals surface area contributed by atoms with E-state index in [1.807, 2.05) is 13.8 Å². The Morgan fingerprint density at radius 2 is 2.05 bits per heavy atom. The molecule has 0 unspecified atom stereocenters. The molecule has 0 aliphatic carbocycles. The number of carbonyl (C=O) groups excluding carboxylic acids is 1. The average Bonchev–Trinajstić information content (AvgIpc) is 2.40. The Kier molecular flexibility index (Phi) is 6.14. The monoisotopic (exact) mass is 313 g/mol. The molecule has 6 nitrogen and oxygen atoms in total. The van der Waals surface area contributed by atoms with Gasteiger partial charge in [-0.1, -0.05) is 6.92 Å². The maximum atomic E-state index is 12.3. The molecule has 118 valence electrons. The molecule has 0 atom stereocenters. The molecular formula is C14H23N3O3S. The number of hydrogen-bond donors (Lipinski definition) is 1. The van der Waals surface area contributed by atoms with Crippen LogP contribution in [0.25, 0.3) is 0 Å². The van der Waals surface area contributed by atoms with Crippen LogP contribution < -0.4 is 5.32 Å². The number of nitrogens with one attached hydrogen (secondary N) is 1. The summed E-state index contributed by atoms with van der Waals surface area (Å²) in [5.74, 6) is 0.417. The third kappa shape index (κ3) is 6.12. The largest absolute Gasteiger partial charge is 0.370 e. The molecule has 1 rings (SSSR count). The van der Waals surface area contributed by atoms with Gasteiger partial charge in [0.25, 0.3) is 5.91 Å². The first kappa shape index (κ1) is 17.4. The molecule has 0 saturated carbocycles. The highest BCUT2D eigenvalue weighted by Gasteiger charge is 2.15. The Morgan fingerprint density at radius 1 is 1.38 bits per heavy atom. The van der Waals surface area contributed by atoms with Crippen molar-refractivity contribution in [1.82, 2.24) is 9.88 Å². The molecule has 1 N–H and O–H groups in total. The summed E-state index contributed by atoms with van der Waals surface area (Å²) in [4.78, 5) is 18.1. The maximum absolute atomic E-state index is 12.3. The van der Waals surface area contributed by atoms with Gasteiger partial charge in [-0.2, -0.15) is 0 Å². The van der Waals surface area contributed by atoms with Crippen LogP contribution >= 0.6 is 0 Å². The van der Waals surface area contributed by atoms with Crippen molar-refractivity contribution >= 4 is 21.6 Å². The van der Waals surface area contributed by atoms with Crippen molar-refractivity contribution in [2.45, 2.75) is 20.3 Å². The van der Waals surface area contributed by atoms with Crippen molar-refractivity contribution in [2.75, 3.05) is 37.5 Å². The molecular weight excluding hydrogens is 290 g/mol. The minimum atomic E-state index is -3.08. The third-order valence-corrected chi connectivity index (χ3v) is 3.82.